The van der Waals surface area contributed by atoms with Gasteiger partial charge in [0.15, 0.2) is 0 Å². The topological polar surface area (TPSA) is 32.7 Å². The van der Waals surface area contributed by atoms with Crippen LogP contribution in [0.5, 0.6) is 5.75 Å². The van der Waals surface area contributed by atoms with Crippen LogP contribution in [-0.4, -0.2) is 41.8 Å². The van der Waals surface area contributed by atoms with Crippen molar-refractivity contribution in [3.8, 4) is 17.6 Å². The van der Waals surface area contributed by atoms with Crippen molar-refractivity contribution in [3.63, 3.8) is 0 Å². The second-order valence-electron chi connectivity index (χ2n) is 6.05. The van der Waals surface area contributed by atoms with Gasteiger partial charge in [-0.05, 0) is 51.4 Å². The second-order valence-corrected chi connectivity index (χ2v) is 6.05. The summed E-state index contributed by atoms with van der Waals surface area (Å²) in [5.41, 5.74) is 1.24. The summed E-state index contributed by atoms with van der Waals surface area (Å²) in [6.07, 6.45) is 3.06. The maximum absolute atomic E-state index is 8.73. The number of hydrogen-bond donors (Lipinski definition) is 1. The van der Waals surface area contributed by atoms with Gasteiger partial charge in [-0.3, -0.25) is 4.90 Å². The Labute approximate surface area is 127 Å². The molecule has 1 aromatic rings. The van der Waals surface area contributed by atoms with Crippen molar-refractivity contribution in [1.29, 1.82) is 0 Å². The summed E-state index contributed by atoms with van der Waals surface area (Å²) in [6.45, 7) is 7.55. The predicted octanol–water partition coefficient (Wildman–Crippen LogP) is 2.67. The van der Waals surface area contributed by atoms with Crippen LogP contribution >= 0.6 is 0 Å². The molecular formula is C18H25NO2. The summed E-state index contributed by atoms with van der Waals surface area (Å²) in [4.78, 5) is 2.50. The highest BCUT2D eigenvalue weighted by molar-refractivity contribution is 5.39. The minimum absolute atomic E-state index is 0.106. The molecule has 114 valence electrons. The van der Waals surface area contributed by atoms with Crippen molar-refractivity contribution in [2.24, 2.45) is 0 Å². The SMILES string of the molecule is CC1(C)CCCN1CCOc1cccc(C#CCCO)c1. The Kier molecular flexibility index (Phi) is 5.67. The first-order chi connectivity index (χ1) is 10.1. The fraction of sp³-hybridized carbons (Fsp3) is 0.556. The van der Waals surface area contributed by atoms with E-state index in [9.17, 15) is 0 Å². The fourth-order valence-electron chi connectivity index (χ4n) is 2.74. The Hall–Kier alpha value is -1.50. The molecule has 3 heteroatoms. The average Bonchev–Trinajstić information content (AvgIpc) is 2.79. The van der Waals surface area contributed by atoms with Crippen molar-refractivity contribution < 1.29 is 9.84 Å². The summed E-state index contributed by atoms with van der Waals surface area (Å²) >= 11 is 0. The molecule has 21 heavy (non-hydrogen) atoms. The van der Waals surface area contributed by atoms with Crippen LogP contribution in [0.2, 0.25) is 0 Å². The largest absolute Gasteiger partial charge is 0.492 e. The van der Waals surface area contributed by atoms with E-state index in [-0.39, 0.29) is 6.61 Å². The Balaban J connectivity index is 1.84. The number of nitrogens with zero attached hydrogens (tertiary/aromatic N) is 1. The zero-order chi connectivity index (χ0) is 15.1. The molecule has 0 unspecified atom stereocenters. The van der Waals surface area contributed by atoms with Gasteiger partial charge in [-0.25, -0.2) is 0 Å². The van der Waals surface area contributed by atoms with Crippen LogP contribution < -0.4 is 4.74 Å². The monoisotopic (exact) mass is 287 g/mol. The van der Waals surface area contributed by atoms with E-state index in [2.05, 4.69) is 30.6 Å². The van der Waals surface area contributed by atoms with E-state index in [1.165, 1.54) is 19.4 Å². The molecule has 1 saturated heterocycles. The van der Waals surface area contributed by atoms with Gasteiger partial charge < -0.3 is 9.84 Å². The van der Waals surface area contributed by atoms with E-state index >= 15 is 0 Å². The van der Waals surface area contributed by atoms with E-state index in [0.717, 1.165) is 17.9 Å². The van der Waals surface area contributed by atoms with E-state index in [4.69, 9.17) is 9.84 Å². The standard InChI is InChI=1S/C18H25NO2/c1-18(2)10-6-11-19(18)12-14-21-17-9-5-8-16(15-17)7-3-4-13-20/h5,8-9,15,20H,4,6,10-14H2,1-2H3. The number of likely N-dealkylation sites (tertiary alicyclic amines) is 1. The number of rotatable bonds is 5. The maximum Gasteiger partial charge on any atom is 0.120 e. The van der Waals surface area contributed by atoms with Gasteiger partial charge in [-0.2, -0.15) is 0 Å². The lowest BCUT2D eigenvalue weighted by Gasteiger charge is -2.31. The molecule has 0 radical (unpaired) electrons. The Morgan fingerprint density at radius 2 is 2.24 bits per heavy atom. The van der Waals surface area contributed by atoms with E-state index in [1.807, 2.05) is 24.3 Å². The molecule has 1 aromatic carbocycles. The summed E-state index contributed by atoms with van der Waals surface area (Å²) < 4.78 is 5.85. The molecular weight excluding hydrogens is 262 g/mol. The zero-order valence-electron chi connectivity index (χ0n) is 13.1. The molecule has 1 heterocycles. The van der Waals surface area contributed by atoms with Crippen LogP contribution in [0.3, 0.4) is 0 Å². The molecule has 0 aromatic heterocycles. The number of benzene rings is 1. The molecule has 1 N–H and O–H groups in total. The molecule has 1 fully saturated rings. The minimum atomic E-state index is 0.106. The number of hydrogen-bond acceptors (Lipinski definition) is 3. The molecule has 0 saturated carbocycles. The highest BCUT2D eigenvalue weighted by Gasteiger charge is 2.31. The maximum atomic E-state index is 8.73. The number of aliphatic hydroxyl groups excluding tert-OH is 1. The van der Waals surface area contributed by atoms with Crippen LogP contribution in [-0.2, 0) is 0 Å². The predicted molar refractivity (Wildman–Crippen MR) is 85.4 cm³/mol. The molecule has 0 atom stereocenters. The Morgan fingerprint density at radius 1 is 1.38 bits per heavy atom. The van der Waals surface area contributed by atoms with Gasteiger partial charge in [0.05, 0.1) is 6.61 Å². The quantitative estimate of drug-likeness (QED) is 0.845. The van der Waals surface area contributed by atoms with E-state index < -0.39 is 0 Å². The average molecular weight is 287 g/mol. The lowest BCUT2D eigenvalue weighted by atomic mass is 10.0. The molecule has 0 spiro atoms. The van der Waals surface area contributed by atoms with Crippen molar-refractivity contribution in [2.45, 2.75) is 38.6 Å². The van der Waals surface area contributed by atoms with Gasteiger partial charge in [0.25, 0.3) is 0 Å². The van der Waals surface area contributed by atoms with Gasteiger partial charge >= 0.3 is 0 Å². The molecule has 3 nitrogen and oxygen atoms in total. The van der Waals surface area contributed by atoms with Gasteiger partial charge in [0.1, 0.15) is 12.4 Å². The second kappa shape index (κ2) is 7.49. The lowest BCUT2D eigenvalue weighted by Crippen LogP contribution is -2.40. The Bertz CT molecular complexity index is 513. The highest BCUT2D eigenvalue weighted by atomic mass is 16.5. The van der Waals surface area contributed by atoms with Crippen molar-refractivity contribution in [3.05, 3.63) is 29.8 Å². The fourth-order valence-corrected chi connectivity index (χ4v) is 2.74. The van der Waals surface area contributed by atoms with Gasteiger partial charge in [0, 0.05) is 24.1 Å². The summed E-state index contributed by atoms with van der Waals surface area (Å²) in [6, 6.07) is 7.84. The third kappa shape index (κ3) is 4.77. The van der Waals surface area contributed by atoms with Crippen molar-refractivity contribution in [1.82, 2.24) is 4.90 Å². The summed E-state index contributed by atoms with van der Waals surface area (Å²) in [5, 5.41) is 8.73. The van der Waals surface area contributed by atoms with Crippen molar-refractivity contribution in [2.75, 3.05) is 26.3 Å². The first kappa shape index (κ1) is 15.9. The third-order valence-corrected chi connectivity index (χ3v) is 4.01. The molecule has 2 rings (SSSR count). The number of aliphatic hydroxyl groups is 1. The van der Waals surface area contributed by atoms with Gasteiger partial charge in [-0.1, -0.05) is 17.9 Å². The van der Waals surface area contributed by atoms with Crippen LogP contribution in [0, 0.1) is 11.8 Å². The van der Waals surface area contributed by atoms with Crippen molar-refractivity contribution >= 4 is 0 Å². The molecule has 1 aliphatic heterocycles. The lowest BCUT2D eigenvalue weighted by molar-refractivity contribution is 0.143. The molecule has 0 amide bonds. The summed E-state index contributed by atoms with van der Waals surface area (Å²) in [5.74, 6) is 6.82. The Morgan fingerprint density at radius 3 is 2.95 bits per heavy atom. The summed E-state index contributed by atoms with van der Waals surface area (Å²) in [7, 11) is 0. The van der Waals surface area contributed by atoms with Crippen LogP contribution in [0.4, 0.5) is 0 Å². The highest BCUT2D eigenvalue weighted by Crippen LogP contribution is 2.27. The third-order valence-electron chi connectivity index (χ3n) is 4.01. The smallest absolute Gasteiger partial charge is 0.120 e. The van der Waals surface area contributed by atoms with Crippen LogP contribution in [0.25, 0.3) is 0 Å². The van der Waals surface area contributed by atoms with E-state index in [0.29, 0.717) is 18.6 Å². The first-order valence-corrected chi connectivity index (χ1v) is 7.69. The first-order valence-electron chi connectivity index (χ1n) is 7.69. The molecule has 0 bridgehead atoms. The van der Waals surface area contributed by atoms with E-state index in [1.54, 1.807) is 0 Å². The number of ether oxygens (including phenoxy) is 1. The van der Waals surface area contributed by atoms with Gasteiger partial charge in [0.2, 0.25) is 0 Å². The molecule has 0 aliphatic carbocycles. The van der Waals surface area contributed by atoms with Crippen LogP contribution in [0.1, 0.15) is 38.7 Å². The van der Waals surface area contributed by atoms with Crippen LogP contribution in [0.15, 0.2) is 24.3 Å². The van der Waals surface area contributed by atoms with Gasteiger partial charge in [-0.15, -0.1) is 0 Å². The molecule has 1 aliphatic rings. The normalized spacial score (nSPS) is 17.3. The minimum Gasteiger partial charge on any atom is -0.492 e. The zero-order valence-corrected chi connectivity index (χ0v) is 13.1.